The average molecular weight is 538 g/mol. The highest BCUT2D eigenvalue weighted by molar-refractivity contribution is 7.92. The summed E-state index contributed by atoms with van der Waals surface area (Å²) < 4.78 is 37.3. The Bertz CT molecular complexity index is 1450. The maximum Gasteiger partial charge on any atom is 0.255 e. The van der Waals surface area contributed by atoms with Gasteiger partial charge in [-0.25, -0.2) is 8.42 Å². The fourth-order valence-electron chi connectivity index (χ4n) is 3.88. The van der Waals surface area contributed by atoms with Crippen molar-refractivity contribution in [3.05, 3.63) is 77.9 Å². The Kier molecular flexibility index (Phi) is 7.63. The maximum absolute atomic E-state index is 12.9. The van der Waals surface area contributed by atoms with Crippen LogP contribution in [0.15, 0.2) is 66.7 Å². The predicted octanol–water partition coefficient (Wildman–Crippen LogP) is 4.76. The number of carbonyl (C=O) groups is 2. The van der Waals surface area contributed by atoms with E-state index in [0.29, 0.717) is 34.1 Å². The molecule has 0 fully saturated rings. The molecule has 0 saturated heterocycles. The fraction of sp³-hybridized carbons (Fsp3) is 0.286. The van der Waals surface area contributed by atoms with Crippen LogP contribution in [0.1, 0.15) is 43.6 Å². The average Bonchev–Trinajstić information content (AvgIpc) is 3.35. The lowest BCUT2D eigenvalue weighted by atomic mass is 9.87. The zero-order valence-electron chi connectivity index (χ0n) is 21.8. The molecule has 0 bridgehead atoms. The standard InChI is InChI=1S/C28H31N3O6S/c1-5-38(34,35)31(23-13-14-24-25(16-23)37-18-36-24)17-26(32)29-21-7-6-8-22(15-21)30-27(33)19-9-11-20(12-10-19)28(2,3)4/h6-16H,5,17-18H2,1-4H3,(H,29,32)(H,30,33). The first-order valence-corrected chi connectivity index (χ1v) is 13.8. The van der Waals surface area contributed by atoms with Crippen molar-refractivity contribution in [2.24, 2.45) is 0 Å². The number of hydrogen-bond donors (Lipinski definition) is 2. The fourth-order valence-corrected chi connectivity index (χ4v) is 4.94. The van der Waals surface area contributed by atoms with Crippen molar-refractivity contribution in [3.8, 4) is 11.5 Å². The van der Waals surface area contributed by atoms with E-state index in [4.69, 9.17) is 9.47 Å². The molecule has 0 atom stereocenters. The molecule has 2 amide bonds. The second-order valence-corrected chi connectivity index (χ2v) is 12.0. The summed E-state index contributed by atoms with van der Waals surface area (Å²) in [6.45, 7) is 7.44. The molecule has 200 valence electrons. The number of ether oxygens (including phenoxy) is 2. The SMILES string of the molecule is CCS(=O)(=O)N(CC(=O)Nc1cccc(NC(=O)c2ccc(C(C)(C)C)cc2)c1)c1ccc2c(c1)OCO2. The van der Waals surface area contributed by atoms with Gasteiger partial charge in [-0.2, -0.15) is 0 Å². The molecular formula is C28H31N3O6S. The third-order valence-corrected chi connectivity index (χ3v) is 7.79. The van der Waals surface area contributed by atoms with Crippen LogP contribution in [0.3, 0.4) is 0 Å². The first-order chi connectivity index (χ1) is 18.0. The van der Waals surface area contributed by atoms with E-state index in [1.165, 1.54) is 13.0 Å². The molecule has 10 heteroatoms. The lowest BCUT2D eigenvalue weighted by molar-refractivity contribution is -0.114. The second-order valence-electron chi connectivity index (χ2n) is 9.86. The van der Waals surface area contributed by atoms with E-state index < -0.39 is 22.5 Å². The smallest absolute Gasteiger partial charge is 0.255 e. The van der Waals surface area contributed by atoms with Gasteiger partial charge in [-0.1, -0.05) is 39.0 Å². The van der Waals surface area contributed by atoms with Gasteiger partial charge < -0.3 is 20.1 Å². The largest absolute Gasteiger partial charge is 0.454 e. The van der Waals surface area contributed by atoms with Crippen LogP contribution >= 0.6 is 0 Å². The maximum atomic E-state index is 12.9. The minimum atomic E-state index is -3.77. The Labute approximate surface area is 222 Å². The number of amides is 2. The third-order valence-electron chi connectivity index (χ3n) is 6.05. The number of hydrogen-bond acceptors (Lipinski definition) is 6. The van der Waals surface area contributed by atoms with Gasteiger partial charge in [-0.15, -0.1) is 0 Å². The van der Waals surface area contributed by atoms with Crippen LogP contribution in [0.5, 0.6) is 11.5 Å². The highest BCUT2D eigenvalue weighted by Gasteiger charge is 2.26. The summed E-state index contributed by atoms with van der Waals surface area (Å²) >= 11 is 0. The van der Waals surface area contributed by atoms with Crippen LogP contribution in [0.25, 0.3) is 0 Å². The molecule has 0 aromatic heterocycles. The molecule has 1 aliphatic rings. The van der Waals surface area contributed by atoms with E-state index in [0.717, 1.165) is 9.87 Å². The number of benzene rings is 3. The van der Waals surface area contributed by atoms with Crippen LogP contribution in [0.2, 0.25) is 0 Å². The number of rotatable bonds is 8. The van der Waals surface area contributed by atoms with Gasteiger partial charge >= 0.3 is 0 Å². The van der Waals surface area contributed by atoms with E-state index in [9.17, 15) is 18.0 Å². The van der Waals surface area contributed by atoms with Gasteiger partial charge in [-0.05, 0) is 60.4 Å². The lowest BCUT2D eigenvalue weighted by Crippen LogP contribution is -2.39. The molecule has 0 radical (unpaired) electrons. The van der Waals surface area contributed by atoms with Gasteiger partial charge in [0.1, 0.15) is 6.54 Å². The van der Waals surface area contributed by atoms with Gasteiger partial charge in [0.2, 0.25) is 22.7 Å². The summed E-state index contributed by atoms with van der Waals surface area (Å²) in [5, 5.41) is 5.55. The van der Waals surface area contributed by atoms with E-state index in [-0.39, 0.29) is 23.9 Å². The van der Waals surface area contributed by atoms with Crippen molar-refractivity contribution >= 4 is 38.9 Å². The van der Waals surface area contributed by atoms with Crippen molar-refractivity contribution in [2.45, 2.75) is 33.1 Å². The molecule has 0 spiro atoms. The Balaban J connectivity index is 1.45. The van der Waals surface area contributed by atoms with Crippen molar-refractivity contribution < 1.29 is 27.5 Å². The molecule has 38 heavy (non-hydrogen) atoms. The van der Waals surface area contributed by atoms with Gasteiger partial charge in [0, 0.05) is 23.0 Å². The van der Waals surface area contributed by atoms with Crippen molar-refractivity contribution in [3.63, 3.8) is 0 Å². The highest BCUT2D eigenvalue weighted by atomic mass is 32.2. The van der Waals surface area contributed by atoms with E-state index in [2.05, 4.69) is 31.4 Å². The molecule has 1 heterocycles. The molecule has 0 unspecified atom stereocenters. The molecule has 1 aliphatic heterocycles. The number of carbonyl (C=O) groups excluding carboxylic acids is 2. The zero-order valence-corrected chi connectivity index (χ0v) is 22.6. The Morgan fingerprint density at radius 2 is 1.55 bits per heavy atom. The third kappa shape index (κ3) is 6.25. The Morgan fingerprint density at radius 1 is 0.895 bits per heavy atom. The van der Waals surface area contributed by atoms with E-state index in [1.54, 1.807) is 48.5 Å². The summed E-state index contributed by atoms with van der Waals surface area (Å²) in [4.78, 5) is 25.6. The lowest BCUT2D eigenvalue weighted by Gasteiger charge is -2.23. The summed E-state index contributed by atoms with van der Waals surface area (Å²) in [6, 6.07) is 18.8. The molecule has 2 N–H and O–H groups in total. The first-order valence-electron chi connectivity index (χ1n) is 12.2. The van der Waals surface area contributed by atoms with E-state index >= 15 is 0 Å². The monoisotopic (exact) mass is 537 g/mol. The number of fused-ring (bicyclic) bond motifs is 1. The van der Waals surface area contributed by atoms with Crippen LogP contribution < -0.4 is 24.4 Å². The minimum absolute atomic E-state index is 0.0175. The minimum Gasteiger partial charge on any atom is -0.454 e. The molecular weight excluding hydrogens is 506 g/mol. The van der Waals surface area contributed by atoms with Gasteiger partial charge in [0.25, 0.3) is 5.91 Å². The van der Waals surface area contributed by atoms with E-state index in [1.807, 2.05) is 12.1 Å². The molecule has 3 aromatic carbocycles. The Morgan fingerprint density at radius 3 is 2.21 bits per heavy atom. The van der Waals surface area contributed by atoms with Crippen LogP contribution in [-0.4, -0.2) is 39.3 Å². The van der Waals surface area contributed by atoms with Crippen molar-refractivity contribution in [2.75, 3.05) is 34.0 Å². The second kappa shape index (κ2) is 10.7. The number of nitrogens with one attached hydrogen (secondary N) is 2. The number of sulfonamides is 1. The number of nitrogens with zero attached hydrogens (tertiary/aromatic N) is 1. The first kappa shape index (κ1) is 27.0. The van der Waals surface area contributed by atoms with Gasteiger partial charge in [0.15, 0.2) is 11.5 Å². The molecule has 9 nitrogen and oxygen atoms in total. The molecule has 0 aliphatic carbocycles. The number of anilines is 3. The van der Waals surface area contributed by atoms with Crippen molar-refractivity contribution in [1.82, 2.24) is 0 Å². The Hall–Kier alpha value is -4.05. The summed E-state index contributed by atoms with van der Waals surface area (Å²) in [5.74, 6) is -0.0860. The van der Waals surface area contributed by atoms with Gasteiger partial charge in [0.05, 0.1) is 11.4 Å². The zero-order chi connectivity index (χ0) is 27.5. The quantitative estimate of drug-likeness (QED) is 0.428. The topological polar surface area (TPSA) is 114 Å². The summed E-state index contributed by atoms with van der Waals surface area (Å²) in [6.07, 6.45) is 0. The molecule has 0 saturated carbocycles. The van der Waals surface area contributed by atoms with Crippen LogP contribution in [-0.2, 0) is 20.2 Å². The summed E-state index contributed by atoms with van der Waals surface area (Å²) in [7, 11) is -3.77. The normalized spacial score (nSPS) is 12.6. The van der Waals surface area contributed by atoms with Gasteiger partial charge in [-0.3, -0.25) is 13.9 Å². The molecule has 4 rings (SSSR count). The van der Waals surface area contributed by atoms with Crippen LogP contribution in [0.4, 0.5) is 17.1 Å². The predicted molar refractivity (Wildman–Crippen MR) is 148 cm³/mol. The van der Waals surface area contributed by atoms with Crippen LogP contribution in [0, 0.1) is 0 Å². The summed E-state index contributed by atoms with van der Waals surface area (Å²) in [5.41, 5.74) is 2.81. The highest BCUT2D eigenvalue weighted by Crippen LogP contribution is 2.36. The molecule has 3 aromatic rings. The van der Waals surface area contributed by atoms with Crippen molar-refractivity contribution in [1.29, 1.82) is 0 Å².